The Morgan fingerprint density at radius 1 is 1.21 bits per heavy atom. The molecule has 0 saturated carbocycles. The predicted octanol–water partition coefficient (Wildman–Crippen LogP) is 4.16. The Morgan fingerprint density at radius 3 is 2.76 bits per heavy atom. The van der Waals surface area contributed by atoms with Gasteiger partial charge in [-0.15, -0.1) is 0 Å². The molecule has 2 aliphatic heterocycles. The van der Waals surface area contributed by atoms with Gasteiger partial charge in [-0.05, 0) is 35.9 Å². The zero-order valence-corrected chi connectivity index (χ0v) is 16.3. The number of rotatable bonds is 3. The number of hydrogen-bond acceptors (Lipinski definition) is 3. The van der Waals surface area contributed by atoms with Crippen molar-refractivity contribution in [3.05, 3.63) is 58.4 Å². The molecular weight excluding hydrogens is 392 g/mol. The van der Waals surface area contributed by atoms with Gasteiger partial charge in [0.15, 0.2) is 5.15 Å². The van der Waals surface area contributed by atoms with E-state index in [1.54, 1.807) is 0 Å². The lowest BCUT2D eigenvalue weighted by Gasteiger charge is -2.30. The molecule has 148 valence electrons. The second-order valence-corrected chi connectivity index (χ2v) is 7.92. The second kappa shape index (κ2) is 6.77. The molecule has 1 fully saturated rings. The van der Waals surface area contributed by atoms with Crippen LogP contribution in [0.1, 0.15) is 40.4 Å². The first-order valence-electron chi connectivity index (χ1n) is 9.58. The van der Waals surface area contributed by atoms with Crippen molar-refractivity contribution < 1.29 is 14.7 Å². The summed E-state index contributed by atoms with van der Waals surface area (Å²) in [6.45, 7) is 1.01. The molecule has 2 N–H and O–H groups in total. The SMILES string of the molecule is O=C1Nc2ccc(Cc3cn(C4CCN(C(=O)O)CC4)nc3Cl)c3cccc1c23. The third kappa shape index (κ3) is 3.02. The molecule has 3 aromatic rings. The van der Waals surface area contributed by atoms with Crippen LogP contribution in [0.4, 0.5) is 10.5 Å². The van der Waals surface area contributed by atoms with Crippen molar-refractivity contribution in [3.8, 4) is 0 Å². The summed E-state index contributed by atoms with van der Waals surface area (Å²) in [5.41, 5.74) is 3.55. The Bertz CT molecular complexity index is 1150. The topological polar surface area (TPSA) is 87.5 Å². The van der Waals surface area contributed by atoms with Crippen LogP contribution in [0.15, 0.2) is 36.5 Å². The number of aromatic nitrogens is 2. The number of carbonyl (C=O) groups is 2. The number of piperidine rings is 1. The minimum Gasteiger partial charge on any atom is -0.465 e. The number of halogens is 1. The molecule has 0 radical (unpaired) electrons. The molecular formula is C21H19ClN4O3. The van der Waals surface area contributed by atoms with Crippen molar-refractivity contribution in [2.24, 2.45) is 0 Å². The van der Waals surface area contributed by atoms with Crippen molar-refractivity contribution in [1.82, 2.24) is 14.7 Å². The number of carbonyl (C=O) groups excluding carboxylic acids is 1. The summed E-state index contributed by atoms with van der Waals surface area (Å²) in [5, 5.41) is 19.0. The zero-order valence-electron chi connectivity index (χ0n) is 15.6. The number of carboxylic acid groups (broad SMARTS) is 1. The highest BCUT2D eigenvalue weighted by Gasteiger charge is 2.26. The fourth-order valence-corrected chi connectivity index (χ4v) is 4.55. The van der Waals surface area contributed by atoms with Crippen LogP contribution in [-0.2, 0) is 6.42 Å². The van der Waals surface area contributed by atoms with Gasteiger partial charge in [-0.1, -0.05) is 29.8 Å². The molecule has 0 aliphatic carbocycles. The predicted molar refractivity (Wildman–Crippen MR) is 110 cm³/mol. The van der Waals surface area contributed by atoms with Crippen LogP contribution in [-0.4, -0.2) is 44.9 Å². The van der Waals surface area contributed by atoms with E-state index < -0.39 is 6.09 Å². The third-order valence-corrected chi connectivity index (χ3v) is 6.19. The standard InChI is InChI=1S/C21H19ClN4O3/c22-19-13(11-26(24-19)14-6-8-25(9-7-14)21(28)29)10-12-4-5-17-18-15(12)2-1-3-16(18)20(27)23-17/h1-5,11,14H,6-10H2,(H,23,27)(H,28,29). The maximum atomic E-state index is 12.1. The first-order valence-corrected chi connectivity index (χ1v) is 9.96. The first-order chi connectivity index (χ1) is 14.0. The summed E-state index contributed by atoms with van der Waals surface area (Å²) in [6.07, 6.45) is 3.15. The maximum Gasteiger partial charge on any atom is 0.407 e. The molecule has 3 heterocycles. The highest BCUT2D eigenvalue weighted by atomic mass is 35.5. The molecule has 8 heteroatoms. The Morgan fingerprint density at radius 2 is 2.00 bits per heavy atom. The number of nitrogens with zero attached hydrogens (tertiary/aromatic N) is 3. The van der Waals surface area contributed by atoms with Crippen LogP contribution >= 0.6 is 11.6 Å². The van der Waals surface area contributed by atoms with Gasteiger partial charge in [-0.25, -0.2) is 4.79 Å². The summed E-state index contributed by atoms with van der Waals surface area (Å²) in [4.78, 5) is 24.7. The molecule has 2 aromatic carbocycles. The van der Waals surface area contributed by atoms with E-state index in [-0.39, 0.29) is 11.9 Å². The van der Waals surface area contributed by atoms with Gasteiger partial charge in [0.1, 0.15) is 0 Å². The molecule has 0 spiro atoms. The average molecular weight is 411 g/mol. The van der Waals surface area contributed by atoms with Gasteiger partial charge >= 0.3 is 6.09 Å². The fraction of sp³-hybridized carbons (Fsp3) is 0.286. The van der Waals surface area contributed by atoms with Gasteiger partial charge in [0.2, 0.25) is 0 Å². The Hall–Kier alpha value is -3.06. The second-order valence-electron chi connectivity index (χ2n) is 7.56. The maximum absolute atomic E-state index is 12.1. The van der Waals surface area contributed by atoms with E-state index in [1.807, 2.05) is 41.2 Å². The summed E-state index contributed by atoms with van der Waals surface area (Å²) >= 11 is 6.44. The molecule has 1 aromatic heterocycles. The van der Waals surface area contributed by atoms with Crippen molar-refractivity contribution in [1.29, 1.82) is 0 Å². The quantitative estimate of drug-likeness (QED) is 0.678. The summed E-state index contributed by atoms with van der Waals surface area (Å²) in [5.74, 6) is -0.0682. The van der Waals surface area contributed by atoms with Crippen LogP contribution < -0.4 is 5.32 Å². The van der Waals surface area contributed by atoms with E-state index in [0.29, 0.717) is 30.2 Å². The van der Waals surface area contributed by atoms with Gasteiger partial charge in [-0.2, -0.15) is 5.10 Å². The number of amides is 2. The van der Waals surface area contributed by atoms with Gasteiger partial charge in [0, 0.05) is 47.9 Å². The number of benzene rings is 2. The highest BCUT2D eigenvalue weighted by molar-refractivity contribution is 6.30. The lowest BCUT2D eigenvalue weighted by molar-refractivity contribution is 0.103. The number of anilines is 1. The van der Waals surface area contributed by atoms with Crippen LogP contribution in [0.5, 0.6) is 0 Å². The molecule has 1 saturated heterocycles. The molecule has 7 nitrogen and oxygen atoms in total. The van der Waals surface area contributed by atoms with E-state index in [2.05, 4.69) is 10.4 Å². The largest absolute Gasteiger partial charge is 0.465 e. The average Bonchev–Trinajstić information content (AvgIpc) is 3.25. The van der Waals surface area contributed by atoms with Crippen LogP contribution in [0.2, 0.25) is 5.15 Å². The first kappa shape index (κ1) is 18.0. The van der Waals surface area contributed by atoms with E-state index in [4.69, 9.17) is 16.7 Å². The van der Waals surface area contributed by atoms with Crippen LogP contribution in [0.3, 0.4) is 0 Å². The van der Waals surface area contributed by atoms with E-state index >= 15 is 0 Å². The minimum absolute atomic E-state index is 0.0682. The summed E-state index contributed by atoms with van der Waals surface area (Å²) in [7, 11) is 0. The summed E-state index contributed by atoms with van der Waals surface area (Å²) < 4.78 is 1.88. The van der Waals surface area contributed by atoms with Crippen molar-refractivity contribution in [2.45, 2.75) is 25.3 Å². The summed E-state index contributed by atoms with van der Waals surface area (Å²) in [6, 6.07) is 9.87. The molecule has 5 rings (SSSR count). The van der Waals surface area contributed by atoms with E-state index in [0.717, 1.165) is 40.4 Å². The van der Waals surface area contributed by atoms with Gasteiger partial charge < -0.3 is 15.3 Å². The number of likely N-dealkylation sites (tertiary alicyclic amines) is 1. The number of hydrogen-bond donors (Lipinski definition) is 2. The Labute approximate surface area is 171 Å². The fourth-order valence-electron chi connectivity index (χ4n) is 4.34. The third-order valence-electron chi connectivity index (χ3n) is 5.87. The van der Waals surface area contributed by atoms with Crippen molar-refractivity contribution >= 4 is 40.1 Å². The van der Waals surface area contributed by atoms with Crippen molar-refractivity contribution in [2.75, 3.05) is 18.4 Å². The van der Waals surface area contributed by atoms with Gasteiger partial charge in [0.25, 0.3) is 5.91 Å². The zero-order chi connectivity index (χ0) is 20.1. The molecule has 0 atom stereocenters. The van der Waals surface area contributed by atoms with E-state index in [9.17, 15) is 9.59 Å². The monoisotopic (exact) mass is 410 g/mol. The van der Waals surface area contributed by atoms with Gasteiger partial charge in [0.05, 0.1) is 6.04 Å². The highest BCUT2D eigenvalue weighted by Crippen LogP contribution is 2.36. The minimum atomic E-state index is -0.873. The van der Waals surface area contributed by atoms with Crippen molar-refractivity contribution in [3.63, 3.8) is 0 Å². The molecule has 29 heavy (non-hydrogen) atoms. The van der Waals surface area contributed by atoms with Gasteiger partial charge in [-0.3, -0.25) is 9.48 Å². The Balaban J connectivity index is 1.42. The van der Waals surface area contributed by atoms with Crippen LogP contribution in [0.25, 0.3) is 10.8 Å². The molecule has 0 bridgehead atoms. The lowest BCUT2D eigenvalue weighted by Crippen LogP contribution is -2.38. The normalized spacial score (nSPS) is 16.4. The van der Waals surface area contributed by atoms with E-state index in [1.165, 1.54) is 4.90 Å². The lowest BCUT2D eigenvalue weighted by atomic mass is 9.97. The number of nitrogens with one attached hydrogen (secondary N) is 1. The molecule has 2 amide bonds. The molecule has 2 aliphatic rings. The van der Waals surface area contributed by atoms with Crippen LogP contribution in [0, 0.1) is 0 Å². The molecule has 0 unspecified atom stereocenters. The smallest absolute Gasteiger partial charge is 0.407 e. The Kier molecular flexibility index (Phi) is 4.20.